The van der Waals surface area contributed by atoms with Crippen molar-refractivity contribution in [2.75, 3.05) is 0 Å². The highest BCUT2D eigenvalue weighted by atomic mass is 16.1. The van der Waals surface area contributed by atoms with Crippen LogP contribution in [0.4, 0.5) is 0 Å². The van der Waals surface area contributed by atoms with Crippen LogP contribution in [0.2, 0.25) is 0 Å². The quantitative estimate of drug-likeness (QED) is 0.686. The molecule has 2 aliphatic rings. The molecular formula is C16H26O. The molecule has 0 aliphatic heterocycles. The largest absolute Gasteiger partial charge is 0.295 e. The summed E-state index contributed by atoms with van der Waals surface area (Å²) in [5, 5.41) is 0. The van der Waals surface area contributed by atoms with Crippen molar-refractivity contribution in [3.8, 4) is 0 Å². The summed E-state index contributed by atoms with van der Waals surface area (Å²) in [6.07, 6.45) is 10.5. The van der Waals surface area contributed by atoms with E-state index in [1.807, 2.05) is 6.08 Å². The van der Waals surface area contributed by atoms with Gasteiger partial charge in [-0.3, -0.25) is 4.79 Å². The maximum absolute atomic E-state index is 11.8. The molecule has 0 spiro atoms. The van der Waals surface area contributed by atoms with Crippen LogP contribution in [0.25, 0.3) is 0 Å². The minimum Gasteiger partial charge on any atom is -0.295 e. The van der Waals surface area contributed by atoms with Crippen LogP contribution in [-0.4, -0.2) is 5.78 Å². The van der Waals surface area contributed by atoms with Crippen LogP contribution in [-0.2, 0) is 4.79 Å². The van der Waals surface area contributed by atoms with Crippen molar-refractivity contribution in [2.45, 2.75) is 65.7 Å². The van der Waals surface area contributed by atoms with Crippen LogP contribution in [0.1, 0.15) is 65.7 Å². The number of carbonyl (C=O) groups is 1. The molecule has 0 N–H and O–H groups in total. The fourth-order valence-corrected chi connectivity index (χ4v) is 3.60. The van der Waals surface area contributed by atoms with Crippen LogP contribution in [0.15, 0.2) is 11.6 Å². The number of hydrogen-bond acceptors (Lipinski definition) is 1. The molecule has 1 saturated carbocycles. The molecule has 0 bridgehead atoms. The Hall–Kier alpha value is -0.590. The zero-order chi connectivity index (χ0) is 12.5. The summed E-state index contributed by atoms with van der Waals surface area (Å²) in [5.41, 5.74) is 1.66. The normalized spacial score (nSPS) is 33.4. The molecule has 96 valence electrons. The van der Waals surface area contributed by atoms with E-state index in [1.54, 1.807) is 0 Å². The van der Waals surface area contributed by atoms with Gasteiger partial charge in [-0.25, -0.2) is 0 Å². The van der Waals surface area contributed by atoms with Gasteiger partial charge in [0.25, 0.3) is 0 Å². The van der Waals surface area contributed by atoms with E-state index in [0.29, 0.717) is 11.7 Å². The van der Waals surface area contributed by atoms with E-state index in [0.717, 1.165) is 18.8 Å². The second-order valence-electron chi connectivity index (χ2n) is 6.83. The van der Waals surface area contributed by atoms with Gasteiger partial charge in [0.05, 0.1) is 0 Å². The van der Waals surface area contributed by atoms with Gasteiger partial charge < -0.3 is 0 Å². The summed E-state index contributed by atoms with van der Waals surface area (Å²) in [5.74, 6) is 2.01. The summed E-state index contributed by atoms with van der Waals surface area (Å²) in [6, 6.07) is 0. The monoisotopic (exact) mass is 234 g/mol. The van der Waals surface area contributed by atoms with Crippen LogP contribution < -0.4 is 0 Å². The van der Waals surface area contributed by atoms with Gasteiger partial charge >= 0.3 is 0 Å². The maximum atomic E-state index is 11.8. The molecule has 0 heterocycles. The van der Waals surface area contributed by atoms with Crippen molar-refractivity contribution in [1.82, 2.24) is 0 Å². The van der Waals surface area contributed by atoms with Crippen LogP contribution in [0.5, 0.6) is 0 Å². The van der Waals surface area contributed by atoms with Crippen LogP contribution in [0, 0.1) is 17.3 Å². The molecule has 1 fully saturated rings. The Morgan fingerprint density at radius 1 is 1.18 bits per heavy atom. The lowest BCUT2D eigenvalue weighted by atomic mass is 9.69. The first-order valence-corrected chi connectivity index (χ1v) is 7.23. The Kier molecular flexibility index (Phi) is 3.75. The highest BCUT2D eigenvalue weighted by molar-refractivity contribution is 5.91. The second kappa shape index (κ2) is 4.96. The molecule has 2 aliphatic carbocycles. The number of hydrogen-bond donors (Lipinski definition) is 0. The predicted octanol–water partition coefficient (Wildman–Crippen LogP) is 4.52. The van der Waals surface area contributed by atoms with E-state index in [4.69, 9.17) is 0 Å². The van der Waals surface area contributed by atoms with E-state index < -0.39 is 0 Å². The first-order valence-electron chi connectivity index (χ1n) is 7.23. The summed E-state index contributed by atoms with van der Waals surface area (Å²) >= 11 is 0. The molecule has 0 aromatic rings. The predicted molar refractivity (Wildman–Crippen MR) is 71.8 cm³/mol. The lowest BCUT2D eigenvalue weighted by molar-refractivity contribution is -0.117. The van der Waals surface area contributed by atoms with Crippen LogP contribution >= 0.6 is 0 Å². The average molecular weight is 234 g/mol. The number of allylic oxidation sites excluding steroid dienone is 2. The zero-order valence-corrected chi connectivity index (χ0v) is 11.6. The van der Waals surface area contributed by atoms with Gasteiger partial charge in [-0.15, -0.1) is 0 Å². The second-order valence-corrected chi connectivity index (χ2v) is 6.83. The molecule has 0 amide bonds. The topological polar surface area (TPSA) is 17.1 Å². The first kappa shape index (κ1) is 12.9. The standard InChI is InChI=1S/C16H26O/c1-4-12-5-7-13(8-6-12)14-9-15(17)11-16(2,3)10-14/h9,12-13H,4-8,10-11H2,1-3H3. The molecule has 1 nitrogen and oxygen atoms in total. The van der Waals surface area contributed by atoms with Gasteiger partial charge in [0, 0.05) is 6.42 Å². The third-order valence-electron chi connectivity index (χ3n) is 4.63. The third-order valence-corrected chi connectivity index (χ3v) is 4.63. The van der Waals surface area contributed by atoms with E-state index >= 15 is 0 Å². The van der Waals surface area contributed by atoms with E-state index in [9.17, 15) is 4.79 Å². The number of ketones is 1. The smallest absolute Gasteiger partial charge is 0.156 e. The molecule has 0 saturated heterocycles. The molecule has 0 unspecified atom stereocenters. The Bertz CT molecular complexity index is 316. The zero-order valence-electron chi connectivity index (χ0n) is 11.6. The summed E-state index contributed by atoms with van der Waals surface area (Å²) in [7, 11) is 0. The van der Waals surface area contributed by atoms with E-state index in [1.165, 1.54) is 37.7 Å². The van der Waals surface area contributed by atoms with Gasteiger partial charge in [0.15, 0.2) is 5.78 Å². The van der Waals surface area contributed by atoms with Crippen molar-refractivity contribution in [1.29, 1.82) is 0 Å². The Morgan fingerprint density at radius 2 is 1.82 bits per heavy atom. The first-order chi connectivity index (χ1) is 8.00. The van der Waals surface area contributed by atoms with Gasteiger partial charge in [-0.2, -0.15) is 0 Å². The van der Waals surface area contributed by atoms with Gasteiger partial charge in [0.1, 0.15) is 0 Å². The van der Waals surface area contributed by atoms with Crippen molar-refractivity contribution in [2.24, 2.45) is 17.3 Å². The van der Waals surface area contributed by atoms with Gasteiger partial charge in [-0.05, 0) is 55.4 Å². The third kappa shape index (κ3) is 3.20. The lowest BCUT2D eigenvalue weighted by Gasteiger charge is -2.35. The van der Waals surface area contributed by atoms with E-state index in [2.05, 4.69) is 20.8 Å². The van der Waals surface area contributed by atoms with Crippen molar-refractivity contribution in [3.63, 3.8) is 0 Å². The Balaban J connectivity index is 2.01. The fourth-order valence-electron chi connectivity index (χ4n) is 3.60. The maximum Gasteiger partial charge on any atom is 0.156 e. The molecule has 0 aromatic carbocycles. The number of carbonyl (C=O) groups excluding carboxylic acids is 1. The fraction of sp³-hybridized carbons (Fsp3) is 0.812. The highest BCUT2D eigenvalue weighted by Crippen LogP contribution is 2.42. The highest BCUT2D eigenvalue weighted by Gasteiger charge is 2.32. The molecule has 0 atom stereocenters. The molecule has 17 heavy (non-hydrogen) atoms. The number of rotatable bonds is 2. The van der Waals surface area contributed by atoms with Gasteiger partial charge in [-0.1, -0.05) is 32.8 Å². The molecule has 0 radical (unpaired) electrons. The SMILES string of the molecule is CCC1CCC(C2=CC(=O)CC(C)(C)C2)CC1. The lowest BCUT2D eigenvalue weighted by Crippen LogP contribution is -2.26. The van der Waals surface area contributed by atoms with Gasteiger partial charge in [0.2, 0.25) is 0 Å². The van der Waals surface area contributed by atoms with Crippen molar-refractivity contribution >= 4 is 5.78 Å². The average Bonchev–Trinajstić information content (AvgIpc) is 2.26. The minimum atomic E-state index is 0.197. The summed E-state index contributed by atoms with van der Waals surface area (Å²) < 4.78 is 0. The Morgan fingerprint density at radius 3 is 2.35 bits per heavy atom. The summed E-state index contributed by atoms with van der Waals surface area (Å²) in [4.78, 5) is 11.8. The van der Waals surface area contributed by atoms with Crippen LogP contribution in [0.3, 0.4) is 0 Å². The van der Waals surface area contributed by atoms with Crippen molar-refractivity contribution in [3.05, 3.63) is 11.6 Å². The Labute approximate surface area is 106 Å². The molecule has 1 heteroatoms. The summed E-state index contributed by atoms with van der Waals surface area (Å²) in [6.45, 7) is 6.77. The molecule has 2 rings (SSSR count). The van der Waals surface area contributed by atoms with Crippen molar-refractivity contribution < 1.29 is 4.79 Å². The minimum absolute atomic E-state index is 0.197. The molecular weight excluding hydrogens is 208 g/mol. The van der Waals surface area contributed by atoms with E-state index in [-0.39, 0.29) is 5.41 Å². The molecule has 0 aromatic heterocycles.